The van der Waals surface area contributed by atoms with Gasteiger partial charge in [-0.15, -0.1) is 0 Å². The maximum atomic E-state index is 13.4. The highest BCUT2D eigenvalue weighted by Crippen LogP contribution is 2.51. The number of phosphoric acid groups is 1. The largest absolute Gasteiger partial charge is 0.493 e. The monoisotopic (exact) mass is 713 g/mol. The van der Waals surface area contributed by atoms with Crippen LogP contribution in [-0.2, 0) is 20.3 Å². The molecular weight excluding hydrogens is 664 g/mol. The van der Waals surface area contributed by atoms with Crippen molar-refractivity contribution in [3.05, 3.63) is 66.4 Å². The van der Waals surface area contributed by atoms with Crippen molar-refractivity contribution in [3.8, 4) is 5.75 Å². The number of carbonyl (C=O) groups excluding carboxylic acids is 1. The van der Waals surface area contributed by atoms with Gasteiger partial charge in [0.05, 0.1) is 30.7 Å². The molecule has 0 aliphatic rings. The van der Waals surface area contributed by atoms with E-state index in [1.807, 2.05) is 18.2 Å². The number of rotatable bonds is 16. The number of aromatic nitrogens is 4. The molecule has 0 spiro atoms. The zero-order valence-electron chi connectivity index (χ0n) is 29.8. The van der Waals surface area contributed by atoms with E-state index in [0.29, 0.717) is 53.9 Å². The zero-order valence-corrected chi connectivity index (χ0v) is 30.7. The number of hydrogen-bond acceptors (Lipinski definition) is 9. The first-order chi connectivity index (χ1) is 23.4. The van der Waals surface area contributed by atoms with Crippen molar-refractivity contribution < 1.29 is 32.8 Å². The van der Waals surface area contributed by atoms with E-state index in [1.165, 1.54) is 24.5 Å². The molecule has 0 aliphatic carbocycles. The van der Waals surface area contributed by atoms with Gasteiger partial charge in [0.1, 0.15) is 23.7 Å². The molecule has 272 valence electrons. The molecule has 0 saturated heterocycles. The maximum Gasteiger partial charge on any atom is 0.469 e. The molecule has 2 aromatic heterocycles. The zero-order chi connectivity index (χ0) is 36.7. The number of phosphoric ester groups is 1. The number of nitrogens with zero attached hydrogens (tertiary/aromatic N) is 4. The summed E-state index contributed by atoms with van der Waals surface area (Å²) in [6.45, 7) is 16.3. The van der Waals surface area contributed by atoms with Gasteiger partial charge in [0.2, 0.25) is 5.91 Å². The molecule has 0 unspecified atom stereocenters. The van der Waals surface area contributed by atoms with Crippen LogP contribution in [0.1, 0.15) is 67.0 Å². The fourth-order valence-electron chi connectivity index (χ4n) is 6.79. The standard InChI is InChI=1S/C35H49FN7O6P/c1-8-15-43(35(33(2,3)4,34(5,6)7)22-49-50(45,46)47)16-10-17-48-27-13-14-28-29(21-27)37-23-38-32(28)40-30-19-26(41-42-30)20-31(44)39-25-12-9-11-24(36)18-25/h9,11-14,18-19,21,23H,8,10,15-17,20,22H2,1-7H3,(H,39,44)(H2,45,46,47)(H2,37,38,40,41,42). The first kappa shape index (κ1) is 38.9. The van der Waals surface area contributed by atoms with Gasteiger partial charge in [0.25, 0.3) is 0 Å². The van der Waals surface area contributed by atoms with Crippen molar-refractivity contribution in [1.82, 2.24) is 25.1 Å². The average Bonchev–Trinajstić information content (AvgIpc) is 3.43. The van der Waals surface area contributed by atoms with Gasteiger partial charge in [-0.1, -0.05) is 54.5 Å². The summed E-state index contributed by atoms with van der Waals surface area (Å²) in [5.74, 6) is 0.870. The van der Waals surface area contributed by atoms with Crippen LogP contribution in [0.15, 0.2) is 54.9 Å². The van der Waals surface area contributed by atoms with Crippen LogP contribution < -0.4 is 15.4 Å². The Hall–Kier alpha value is -3.94. The van der Waals surface area contributed by atoms with E-state index in [4.69, 9.17) is 9.26 Å². The van der Waals surface area contributed by atoms with Crippen molar-refractivity contribution in [1.29, 1.82) is 0 Å². The second kappa shape index (κ2) is 15.9. The Morgan fingerprint density at radius 1 is 1.02 bits per heavy atom. The first-order valence-electron chi connectivity index (χ1n) is 16.6. The summed E-state index contributed by atoms with van der Waals surface area (Å²) in [5, 5.41) is 13.7. The van der Waals surface area contributed by atoms with Crippen LogP contribution in [0.4, 0.5) is 21.7 Å². The lowest BCUT2D eigenvalue weighted by Crippen LogP contribution is -2.67. The van der Waals surface area contributed by atoms with Crippen LogP contribution in [0, 0.1) is 16.6 Å². The van der Waals surface area contributed by atoms with Crippen molar-refractivity contribution >= 4 is 42.0 Å². The lowest BCUT2D eigenvalue weighted by atomic mass is 9.59. The van der Waals surface area contributed by atoms with E-state index in [1.54, 1.807) is 12.1 Å². The Morgan fingerprint density at radius 2 is 1.76 bits per heavy atom. The van der Waals surface area contributed by atoms with Crippen LogP contribution in [-0.4, -0.2) is 72.6 Å². The molecular formula is C35H49FN7O6P. The number of halogens is 1. The summed E-state index contributed by atoms with van der Waals surface area (Å²) in [4.78, 5) is 42.8. The Balaban J connectivity index is 1.40. The molecule has 0 saturated carbocycles. The minimum atomic E-state index is -4.69. The van der Waals surface area contributed by atoms with Crippen LogP contribution >= 0.6 is 7.82 Å². The number of carbonyl (C=O) groups is 1. The lowest BCUT2D eigenvalue weighted by Gasteiger charge is -2.59. The Kier molecular flexibility index (Phi) is 12.4. The number of amides is 1. The van der Waals surface area contributed by atoms with Gasteiger partial charge < -0.3 is 25.2 Å². The Labute approximate surface area is 292 Å². The number of aromatic amines is 1. The van der Waals surface area contributed by atoms with Gasteiger partial charge in [-0.3, -0.25) is 19.3 Å². The number of nitrogens with one attached hydrogen (secondary N) is 3. The molecule has 0 radical (unpaired) electrons. The van der Waals surface area contributed by atoms with Crippen LogP contribution in [0.5, 0.6) is 5.75 Å². The quantitative estimate of drug-likeness (QED) is 0.0608. The van der Waals surface area contributed by atoms with Crippen molar-refractivity contribution in [2.75, 3.05) is 36.9 Å². The summed E-state index contributed by atoms with van der Waals surface area (Å²) in [5.41, 5.74) is 0.144. The highest BCUT2D eigenvalue weighted by molar-refractivity contribution is 7.46. The van der Waals surface area contributed by atoms with E-state index < -0.39 is 19.2 Å². The van der Waals surface area contributed by atoms with Crippen molar-refractivity contribution in [2.45, 2.75) is 73.3 Å². The fraction of sp³-hybridized carbons (Fsp3) is 0.486. The van der Waals surface area contributed by atoms with E-state index in [2.05, 4.69) is 84.2 Å². The van der Waals surface area contributed by atoms with E-state index >= 15 is 0 Å². The molecule has 0 atom stereocenters. The third-order valence-electron chi connectivity index (χ3n) is 8.74. The third-order valence-corrected chi connectivity index (χ3v) is 9.21. The second-order valence-corrected chi connectivity index (χ2v) is 15.6. The van der Waals surface area contributed by atoms with Crippen molar-refractivity contribution in [3.63, 3.8) is 0 Å². The van der Waals surface area contributed by atoms with Crippen LogP contribution in [0.3, 0.4) is 0 Å². The normalized spacial score (nSPS) is 12.8. The van der Waals surface area contributed by atoms with Gasteiger partial charge in [-0.05, 0) is 60.5 Å². The molecule has 50 heavy (non-hydrogen) atoms. The molecule has 5 N–H and O–H groups in total. The molecule has 0 bridgehead atoms. The first-order valence-corrected chi connectivity index (χ1v) is 18.1. The maximum absolute atomic E-state index is 13.4. The molecule has 0 aliphatic heterocycles. The summed E-state index contributed by atoms with van der Waals surface area (Å²) < 4.78 is 36.6. The summed E-state index contributed by atoms with van der Waals surface area (Å²) in [7, 11) is -4.69. The lowest BCUT2D eigenvalue weighted by molar-refractivity contribution is -0.117. The Morgan fingerprint density at radius 3 is 2.42 bits per heavy atom. The average molecular weight is 714 g/mol. The topological polar surface area (TPSA) is 175 Å². The summed E-state index contributed by atoms with van der Waals surface area (Å²) in [6, 6.07) is 12.9. The van der Waals surface area contributed by atoms with Gasteiger partial charge >= 0.3 is 7.82 Å². The number of H-pyrrole nitrogens is 1. The minimum Gasteiger partial charge on any atom is -0.493 e. The van der Waals surface area contributed by atoms with Gasteiger partial charge in [0.15, 0.2) is 5.82 Å². The van der Waals surface area contributed by atoms with Crippen LogP contribution in [0.2, 0.25) is 0 Å². The molecule has 2 aromatic carbocycles. The number of anilines is 3. The highest BCUT2D eigenvalue weighted by atomic mass is 31.2. The minimum absolute atomic E-state index is 0.0151. The SMILES string of the molecule is CCCN(CCCOc1ccc2c(Nc3cc(CC(=O)Nc4cccc(F)c4)[nH]n3)ncnc2c1)C(COP(=O)(O)O)(C(C)(C)C)C(C)(C)C. The molecule has 4 aromatic rings. The van der Waals surface area contributed by atoms with E-state index in [9.17, 15) is 23.5 Å². The van der Waals surface area contributed by atoms with Gasteiger partial charge in [0, 0.05) is 35.4 Å². The van der Waals surface area contributed by atoms with E-state index in [0.717, 1.165) is 18.4 Å². The smallest absolute Gasteiger partial charge is 0.469 e. The number of fused-ring (bicyclic) bond motifs is 1. The van der Waals surface area contributed by atoms with Crippen molar-refractivity contribution in [2.24, 2.45) is 10.8 Å². The second-order valence-electron chi connectivity index (χ2n) is 14.4. The van der Waals surface area contributed by atoms with Crippen LogP contribution in [0.25, 0.3) is 10.9 Å². The number of benzene rings is 2. The van der Waals surface area contributed by atoms with Gasteiger partial charge in [-0.2, -0.15) is 5.10 Å². The highest BCUT2D eigenvalue weighted by Gasteiger charge is 2.55. The summed E-state index contributed by atoms with van der Waals surface area (Å²) >= 11 is 0. The molecule has 2 heterocycles. The number of ether oxygens (including phenoxy) is 1. The summed E-state index contributed by atoms with van der Waals surface area (Å²) in [6.07, 6.45) is 2.98. The Bertz CT molecular complexity index is 1790. The molecule has 4 rings (SSSR count). The third kappa shape index (κ3) is 9.85. The molecule has 0 fully saturated rings. The number of hydrogen-bond donors (Lipinski definition) is 5. The molecule has 15 heteroatoms. The fourth-order valence-corrected chi connectivity index (χ4v) is 7.15. The predicted octanol–water partition coefficient (Wildman–Crippen LogP) is 6.84. The molecule has 1 amide bonds. The molecule has 13 nitrogen and oxygen atoms in total. The van der Waals surface area contributed by atoms with Gasteiger partial charge in [-0.25, -0.2) is 18.9 Å². The predicted molar refractivity (Wildman–Crippen MR) is 192 cm³/mol. The van der Waals surface area contributed by atoms with E-state index in [-0.39, 0.29) is 29.8 Å².